The first-order valence-electron chi connectivity index (χ1n) is 6.26. The van der Waals surface area contributed by atoms with Gasteiger partial charge in [0.25, 0.3) is 5.91 Å². The number of hydrogen-bond acceptors (Lipinski definition) is 6. The van der Waals surface area contributed by atoms with E-state index in [0.717, 1.165) is 4.88 Å². The van der Waals surface area contributed by atoms with E-state index in [1.165, 1.54) is 12.4 Å². The standard InChI is InChI=1S/C13H14N4O2S/c14-12-11(15-3-4-16-12)13(18)17-5-6-19-9(8-17)10-2-1-7-20-10/h1-4,7,9H,5-6,8H2,(H2,14,16). The van der Waals surface area contributed by atoms with Gasteiger partial charge in [-0.1, -0.05) is 6.07 Å². The average molecular weight is 290 g/mol. The molecule has 1 fully saturated rings. The normalized spacial score (nSPS) is 19.0. The second-order valence-electron chi connectivity index (χ2n) is 4.42. The Morgan fingerprint density at radius 1 is 1.45 bits per heavy atom. The summed E-state index contributed by atoms with van der Waals surface area (Å²) in [5.41, 5.74) is 5.91. The van der Waals surface area contributed by atoms with Crippen molar-refractivity contribution in [3.63, 3.8) is 0 Å². The van der Waals surface area contributed by atoms with Crippen LogP contribution < -0.4 is 5.73 Å². The van der Waals surface area contributed by atoms with Crippen molar-refractivity contribution in [1.29, 1.82) is 0 Å². The largest absolute Gasteiger partial charge is 0.382 e. The first kappa shape index (κ1) is 13.0. The highest BCUT2D eigenvalue weighted by Gasteiger charge is 2.28. The molecule has 104 valence electrons. The van der Waals surface area contributed by atoms with Crippen molar-refractivity contribution in [3.05, 3.63) is 40.5 Å². The minimum Gasteiger partial charge on any atom is -0.382 e. The van der Waals surface area contributed by atoms with Crippen molar-refractivity contribution in [2.75, 3.05) is 25.4 Å². The summed E-state index contributed by atoms with van der Waals surface area (Å²) in [6, 6.07) is 3.99. The van der Waals surface area contributed by atoms with Gasteiger partial charge >= 0.3 is 0 Å². The van der Waals surface area contributed by atoms with Crippen LogP contribution in [0, 0.1) is 0 Å². The molecule has 2 aromatic heterocycles. The molecule has 3 rings (SSSR count). The summed E-state index contributed by atoms with van der Waals surface area (Å²) in [4.78, 5) is 23.2. The fourth-order valence-electron chi connectivity index (χ4n) is 2.14. The first-order chi connectivity index (χ1) is 9.75. The van der Waals surface area contributed by atoms with Gasteiger partial charge in [0, 0.05) is 23.8 Å². The van der Waals surface area contributed by atoms with Gasteiger partial charge in [-0.3, -0.25) is 4.79 Å². The number of nitrogens with two attached hydrogens (primary N) is 1. The number of rotatable bonds is 2. The van der Waals surface area contributed by atoms with Crippen LogP contribution in [0.4, 0.5) is 5.82 Å². The van der Waals surface area contributed by atoms with Crippen LogP contribution in [-0.4, -0.2) is 40.5 Å². The molecule has 1 saturated heterocycles. The second kappa shape index (κ2) is 5.56. The third kappa shape index (κ3) is 2.50. The Morgan fingerprint density at radius 2 is 2.30 bits per heavy atom. The Balaban J connectivity index is 1.77. The zero-order valence-electron chi connectivity index (χ0n) is 10.7. The van der Waals surface area contributed by atoms with E-state index in [0.29, 0.717) is 19.7 Å². The smallest absolute Gasteiger partial charge is 0.276 e. The van der Waals surface area contributed by atoms with Gasteiger partial charge in [-0.2, -0.15) is 0 Å². The Kier molecular flexibility index (Phi) is 3.62. The molecular weight excluding hydrogens is 276 g/mol. The van der Waals surface area contributed by atoms with Gasteiger partial charge in [0.2, 0.25) is 0 Å². The SMILES string of the molecule is Nc1nccnc1C(=O)N1CCOC(c2cccs2)C1. The Labute approximate surface area is 120 Å². The number of nitrogen functional groups attached to an aromatic ring is 1. The highest BCUT2D eigenvalue weighted by Crippen LogP contribution is 2.26. The maximum Gasteiger partial charge on any atom is 0.276 e. The van der Waals surface area contributed by atoms with Crippen LogP contribution in [0.3, 0.4) is 0 Å². The number of amides is 1. The van der Waals surface area contributed by atoms with Crippen LogP contribution in [0.15, 0.2) is 29.9 Å². The van der Waals surface area contributed by atoms with Crippen LogP contribution in [0.25, 0.3) is 0 Å². The lowest BCUT2D eigenvalue weighted by Gasteiger charge is -2.32. The van der Waals surface area contributed by atoms with Crippen molar-refractivity contribution in [3.8, 4) is 0 Å². The van der Waals surface area contributed by atoms with E-state index in [1.54, 1.807) is 16.2 Å². The molecule has 0 aromatic carbocycles. The predicted molar refractivity (Wildman–Crippen MR) is 75.4 cm³/mol. The second-order valence-corrected chi connectivity index (χ2v) is 5.40. The number of nitrogens with zero attached hydrogens (tertiary/aromatic N) is 3. The number of carbonyl (C=O) groups is 1. The van der Waals surface area contributed by atoms with E-state index < -0.39 is 0 Å². The van der Waals surface area contributed by atoms with E-state index in [4.69, 9.17) is 10.5 Å². The zero-order valence-corrected chi connectivity index (χ0v) is 11.5. The fourth-order valence-corrected chi connectivity index (χ4v) is 2.91. The molecule has 0 spiro atoms. The molecule has 3 heterocycles. The molecule has 1 unspecified atom stereocenters. The molecule has 1 aliphatic heterocycles. The molecule has 1 atom stereocenters. The molecule has 1 aliphatic rings. The molecule has 0 aliphatic carbocycles. The number of ether oxygens (including phenoxy) is 1. The van der Waals surface area contributed by atoms with Gasteiger partial charge < -0.3 is 15.4 Å². The maximum absolute atomic E-state index is 12.4. The molecule has 0 saturated carbocycles. The highest BCUT2D eigenvalue weighted by molar-refractivity contribution is 7.10. The van der Waals surface area contributed by atoms with E-state index in [2.05, 4.69) is 9.97 Å². The summed E-state index contributed by atoms with van der Waals surface area (Å²) in [5.74, 6) is -0.0304. The number of aromatic nitrogens is 2. The minimum atomic E-state index is -0.194. The lowest BCUT2D eigenvalue weighted by atomic mass is 10.2. The fraction of sp³-hybridized carbons (Fsp3) is 0.308. The Hall–Kier alpha value is -1.99. The van der Waals surface area contributed by atoms with E-state index in [-0.39, 0.29) is 23.5 Å². The van der Waals surface area contributed by atoms with Crippen LogP contribution in [0.2, 0.25) is 0 Å². The Bertz CT molecular complexity index is 602. The molecule has 2 N–H and O–H groups in total. The molecule has 6 nitrogen and oxygen atoms in total. The van der Waals surface area contributed by atoms with Crippen LogP contribution in [0.1, 0.15) is 21.5 Å². The predicted octanol–water partition coefficient (Wildman–Crippen LogP) is 1.33. The van der Waals surface area contributed by atoms with Gasteiger partial charge in [-0.15, -0.1) is 11.3 Å². The number of morpholine rings is 1. The summed E-state index contributed by atoms with van der Waals surface area (Å²) in [7, 11) is 0. The number of anilines is 1. The number of carbonyl (C=O) groups excluding carboxylic acids is 1. The van der Waals surface area contributed by atoms with E-state index >= 15 is 0 Å². The lowest BCUT2D eigenvalue weighted by Crippen LogP contribution is -2.42. The summed E-state index contributed by atoms with van der Waals surface area (Å²) in [6.45, 7) is 1.56. The lowest BCUT2D eigenvalue weighted by molar-refractivity contribution is -0.0213. The van der Waals surface area contributed by atoms with E-state index in [1.807, 2.05) is 17.5 Å². The van der Waals surface area contributed by atoms with Gasteiger partial charge in [0.15, 0.2) is 11.5 Å². The molecule has 0 bridgehead atoms. The molecule has 2 aromatic rings. The maximum atomic E-state index is 12.4. The third-order valence-corrected chi connectivity index (χ3v) is 4.11. The molecule has 1 amide bonds. The quantitative estimate of drug-likeness (QED) is 0.902. The monoisotopic (exact) mass is 290 g/mol. The summed E-state index contributed by atoms with van der Waals surface area (Å²) < 4.78 is 5.72. The first-order valence-corrected chi connectivity index (χ1v) is 7.14. The van der Waals surface area contributed by atoms with Crippen molar-refractivity contribution >= 4 is 23.1 Å². The number of hydrogen-bond donors (Lipinski definition) is 1. The van der Waals surface area contributed by atoms with Gasteiger partial charge in [0.05, 0.1) is 13.2 Å². The topological polar surface area (TPSA) is 81.3 Å². The molecule has 20 heavy (non-hydrogen) atoms. The van der Waals surface area contributed by atoms with Crippen molar-refractivity contribution in [2.45, 2.75) is 6.10 Å². The van der Waals surface area contributed by atoms with Gasteiger partial charge in [0.1, 0.15) is 6.10 Å². The van der Waals surface area contributed by atoms with Crippen molar-refractivity contribution < 1.29 is 9.53 Å². The summed E-state index contributed by atoms with van der Waals surface area (Å²) >= 11 is 1.63. The summed E-state index contributed by atoms with van der Waals surface area (Å²) in [5, 5.41) is 2.00. The zero-order chi connectivity index (χ0) is 13.9. The van der Waals surface area contributed by atoms with E-state index in [9.17, 15) is 4.79 Å². The molecule has 0 radical (unpaired) electrons. The molecular formula is C13H14N4O2S. The van der Waals surface area contributed by atoms with Crippen LogP contribution >= 0.6 is 11.3 Å². The van der Waals surface area contributed by atoms with Crippen molar-refractivity contribution in [1.82, 2.24) is 14.9 Å². The summed E-state index contributed by atoms with van der Waals surface area (Å²) in [6.07, 6.45) is 2.87. The Morgan fingerprint density at radius 3 is 3.05 bits per heavy atom. The van der Waals surface area contributed by atoms with Gasteiger partial charge in [-0.05, 0) is 11.4 Å². The van der Waals surface area contributed by atoms with Crippen molar-refractivity contribution in [2.24, 2.45) is 0 Å². The van der Waals surface area contributed by atoms with Gasteiger partial charge in [-0.25, -0.2) is 9.97 Å². The average Bonchev–Trinajstić information content (AvgIpc) is 3.01. The molecule has 7 heteroatoms. The highest BCUT2D eigenvalue weighted by atomic mass is 32.1. The third-order valence-electron chi connectivity index (χ3n) is 3.14. The van der Waals surface area contributed by atoms with Crippen LogP contribution in [0.5, 0.6) is 0 Å². The number of thiophene rings is 1. The van der Waals surface area contributed by atoms with Crippen LogP contribution in [-0.2, 0) is 4.74 Å². The minimum absolute atomic E-state index is 0.0782.